The molecule has 0 radical (unpaired) electrons. The van der Waals surface area contributed by atoms with E-state index in [9.17, 15) is 0 Å². The van der Waals surface area contributed by atoms with Gasteiger partial charge in [-0.2, -0.15) is 13.3 Å². The molecule has 2 aliphatic rings. The summed E-state index contributed by atoms with van der Waals surface area (Å²) in [5.74, 6) is 0. The van der Waals surface area contributed by atoms with Crippen molar-refractivity contribution in [2.24, 2.45) is 0 Å². The minimum absolute atomic E-state index is 0. The van der Waals surface area contributed by atoms with Gasteiger partial charge < -0.3 is 53.9 Å². The number of benzene rings is 4. The molecule has 0 aliphatic carbocycles. The summed E-state index contributed by atoms with van der Waals surface area (Å²) in [5, 5.41) is 0. The molecule has 52 heavy (non-hydrogen) atoms. The van der Waals surface area contributed by atoms with Crippen molar-refractivity contribution >= 4 is 22.7 Å². The van der Waals surface area contributed by atoms with E-state index in [2.05, 4.69) is 147 Å². The van der Waals surface area contributed by atoms with E-state index in [1.54, 1.807) is 14.2 Å². The first-order valence-electron chi connectivity index (χ1n) is 17.4. The third kappa shape index (κ3) is 11.5. The van der Waals surface area contributed by atoms with Crippen LogP contribution in [0.1, 0.15) is 58.4 Å². The van der Waals surface area contributed by atoms with Gasteiger partial charge in [0, 0.05) is 63.1 Å². The molecular formula is C42H54Au2Cl2N4O2. The van der Waals surface area contributed by atoms with Crippen molar-refractivity contribution in [3.63, 3.8) is 0 Å². The molecule has 0 amide bonds. The molecule has 0 spiro atoms. The minimum Gasteiger partial charge on any atom is -1.00 e. The molecule has 0 N–H and O–H groups in total. The maximum atomic E-state index is 5.25. The number of hydrogen-bond acceptors (Lipinski definition) is 6. The monoisotopic (exact) mass is 1110 g/mol. The van der Waals surface area contributed by atoms with Crippen molar-refractivity contribution in [1.82, 2.24) is 0 Å². The number of para-hydroxylation sites is 4. The number of aryl methyl sites for hydroxylation is 4. The van der Waals surface area contributed by atoms with Gasteiger partial charge in [-0.05, 0) is 109 Å². The standard InChI is InChI=1S/2C21H27N2O.2Au.2ClH/c2*1-5-19-16(2)12-18(13-17(19)3)14-23-15-22(10-11-24-4)20-8-6-7-9-21(20)23;;;;/h2*6-9,12-13,15H,5,10-11,14H2,1-4H3;;;2*1H/q2*-1;+1;+3;;/p-2. The average Bonchev–Trinajstić information content (AvgIpc) is 3.60. The smallest absolute Gasteiger partial charge is 1.00 e. The van der Waals surface area contributed by atoms with E-state index in [0.717, 1.165) is 52.2 Å². The number of hydrogen-bond donors (Lipinski definition) is 0. The van der Waals surface area contributed by atoms with E-state index < -0.39 is 0 Å². The van der Waals surface area contributed by atoms with E-state index in [4.69, 9.17) is 9.47 Å². The van der Waals surface area contributed by atoms with Crippen LogP contribution in [0.4, 0.5) is 22.7 Å². The summed E-state index contributed by atoms with van der Waals surface area (Å²) in [6.45, 7) is 22.8. The fraction of sp³-hybridized carbons (Fsp3) is 0.381. The molecule has 4 aromatic carbocycles. The van der Waals surface area contributed by atoms with E-state index in [-0.39, 0.29) is 69.6 Å². The summed E-state index contributed by atoms with van der Waals surface area (Å²) in [5.41, 5.74) is 16.3. The second-order valence-corrected chi connectivity index (χ2v) is 13.0. The van der Waals surface area contributed by atoms with Crippen LogP contribution in [0.3, 0.4) is 0 Å². The predicted octanol–water partition coefficient (Wildman–Crippen LogP) is 2.92. The molecule has 6 rings (SSSR count). The number of rotatable bonds is 12. The van der Waals surface area contributed by atoms with Crippen LogP contribution in [-0.4, -0.2) is 40.5 Å². The van der Waals surface area contributed by atoms with E-state index in [0.29, 0.717) is 0 Å². The fourth-order valence-electron chi connectivity index (χ4n) is 7.33. The first-order valence-corrected chi connectivity index (χ1v) is 17.4. The van der Waals surface area contributed by atoms with Crippen molar-refractivity contribution in [3.05, 3.63) is 131 Å². The Kier molecular flexibility index (Phi) is 21.3. The molecule has 6 nitrogen and oxygen atoms in total. The Morgan fingerprint density at radius 1 is 0.519 bits per heavy atom. The zero-order chi connectivity index (χ0) is 34.2. The number of halogens is 2. The minimum atomic E-state index is 0. The first kappa shape index (κ1) is 48.1. The van der Waals surface area contributed by atoms with Crippen LogP contribution >= 0.6 is 0 Å². The molecule has 0 aromatic heterocycles. The normalized spacial score (nSPS) is 12.5. The van der Waals surface area contributed by atoms with Crippen LogP contribution in [0, 0.1) is 41.0 Å². The van der Waals surface area contributed by atoms with Crippen molar-refractivity contribution < 1.29 is 79.0 Å². The molecule has 0 saturated heterocycles. The summed E-state index contributed by atoms with van der Waals surface area (Å²) in [7, 11) is 3.50. The summed E-state index contributed by atoms with van der Waals surface area (Å²) in [6.07, 6.45) is 2.20. The largest absolute Gasteiger partial charge is 3.00 e. The first-order chi connectivity index (χ1) is 23.3. The van der Waals surface area contributed by atoms with Gasteiger partial charge in [0.05, 0.1) is 13.2 Å². The molecule has 290 valence electrons. The van der Waals surface area contributed by atoms with Crippen LogP contribution in [0.15, 0.2) is 72.8 Å². The Balaban J connectivity index is 0.000000483. The van der Waals surface area contributed by atoms with Gasteiger partial charge in [-0.1, -0.05) is 62.4 Å². The Hall–Kier alpha value is -1.94. The Labute approximate surface area is 357 Å². The number of anilines is 4. The van der Waals surface area contributed by atoms with E-state index in [1.807, 2.05) is 0 Å². The number of methoxy groups -OCH3 is 2. The van der Waals surface area contributed by atoms with Crippen molar-refractivity contribution in [2.75, 3.05) is 60.1 Å². The second-order valence-electron chi connectivity index (χ2n) is 13.0. The molecule has 10 heteroatoms. The van der Waals surface area contributed by atoms with Gasteiger partial charge in [0.15, 0.2) is 0 Å². The van der Waals surface area contributed by atoms with Crippen molar-refractivity contribution in [1.29, 1.82) is 0 Å². The third-order valence-electron chi connectivity index (χ3n) is 9.56. The van der Waals surface area contributed by atoms with Crippen molar-refractivity contribution in [2.45, 2.75) is 67.5 Å². The Bertz CT molecular complexity index is 1520. The quantitative estimate of drug-likeness (QED) is 0.161. The van der Waals surface area contributed by atoms with Crippen LogP contribution in [-0.2, 0) is 80.2 Å². The molecule has 2 heterocycles. The zero-order valence-electron chi connectivity index (χ0n) is 31.7. The van der Waals surface area contributed by atoms with Gasteiger partial charge in [-0.25, -0.2) is 0 Å². The number of fused-ring (bicyclic) bond motifs is 2. The average molecular weight is 1110 g/mol. The Morgan fingerprint density at radius 2 is 0.808 bits per heavy atom. The fourth-order valence-corrected chi connectivity index (χ4v) is 7.33. The molecule has 0 saturated carbocycles. The molecule has 0 atom stereocenters. The Morgan fingerprint density at radius 3 is 1.08 bits per heavy atom. The SMILES string of the molecule is CCc1c(C)cc(CN2[CH-]N(CCOC)c3ccccc32)cc1C.CCc1c(C)cc(CN2[CH-]N(CCOC)c3ccccc32)cc1C.[Au+3].[Au+].[Cl-].[Cl-]. The third-order valence-corrected chi connectivity index (χ3v) is 9.56. The van der Waals surface area contributed by atoms with Gasteiger partial charge in [0.1, 0.15) is 0 Å². The molecular weight excluding hydrogens is 1060 g/mol. The van der Waals surface area contributed by atoms with Crippen LogP contribution < -0.4 is 44.4 Å². The summed E-state index contributed by atoms with van der Waals surface area (Å²) >= 11 is 0. The number of nitrogens with zero attached hydrogens (tertiary/aromatic N) is 4. The molecule has 4 aromatic rings. The summed E-state index contributed by atoms with van der Waals surface area (Å²) < 4.78 is 10.5. The van der Waals surface area contributed by atoms with Crippen LogP contribution in [0.25, 0.3) is 0 Å². The van der Waals surface area contributed by atoms with Gasteiger partial charge in [0.2, 0.25) is 0 Å². The molecule has 0 unspecified atom stereocenters. The second kappa shape index (κ2) is 23.1. The van der Waals surface area contributed by atoms with Gasteiger partial charge in [-0.3, -0.25) is 0 Å². The molecule has 0 bridgehead atoms. The van der Waals surface area contributed by atoms with Gasteiger partial charge in [-0.15, -0.1) is 0 Å². The van der Waals surface area contributed by atoms with Gasteiger partial charge >= 0.3 is 44.8 Å². The van der Waals surface area contributed by atoms with Gasteiger partial charge in [0.25, 0.3) is 0 Å². The molecule has 0 fully saturated rings. The topological polar surface area (TPSA) is 31.4 Å². The zero-order valence-corrected chi connectivity index (χ0v) is 37.5. The predicted molar refractivity (Wildman–Crippen MR) is 203 cm³/mol. The molecule has 2 aliphatic heterocycles. The van der Waals surface area contributed by atoms with E-state index in [1.165, 1.54) is 67.3 Å². The van der Waals surface area contributed by atoms with Crippen LogP contribution in [0.2, 0.25) is 0 Å². The maximum absolute atomic E-state index is 5.25. The number of ether oxygens (including phenoxy) is 2. The maximum Gasteiger partial charge on any atom is 3.00 e. The van der Waals surface area contributed by atoms with Crippen LogP contribution in [0.5, 0.6) is 0 Å². The summed E-state index contributed by atoms with van der Waals surface area (Å²) in [6, 6.07) is 26.5. The van der Waals surface area contributed by atoms with Crippen molar-refractivity contribution in [3.8, 4) is 0 Å². The summed E-state index contributed by atoms with van der Waals surface area (Å²) in [4.78, 5) is 9.23. The van der Waals surface area contributed by atoms with E-state index >= 15 is 0 Å².